The molecule has 0 aliphatic carbocycles. The van der Waals surface area contributed by atoms with Crippen molar-refractivity contribution < 1.29 is 10.0 Å². The van der Waals surface area contributed by atoms with Crippen molar-refractivity contribution in [1.82, 2.24) is 10.3 Å². The lowest BCUT2D eigenvalue weighted by molar-refractivity contribution is 0.0945. The molecule has 0 aliphatic heterocycles. The summed E-state index contributed by atoms with van der Waals surface area (Å²) in [5.41, 5.74) is 6.94. The van der Waals surface area contributed by atoms with Gasteiger partial charge in [-0.15, -0.1) is 0 Å². The Balaban J connectivity index is 2.20. The van der Waals surface area contributed by atoms with Crippen molar-refractivity contribution in [2.45, 2.75) is 25.8 Å². The number of nitrogens with zero attached hydrogens (tertiary/aromatic N) is 2. The Labute approximate surface area is 122 Å². The lowest BCUT2D eigenvalue weighted by Crippen LogP contribution is -2.44. The third kappa shape index (κ3) is 3.47. The van der Waals surface area contributed by atoms with Gasteiger partial charge in [0.1, 0.15) is 0 Å². The van der Waals surface area contributed by atoms with Crippen LogP contribution in [-0.2, 0) is 0 Å². The quantitative estimate of drug-likeness (QED) is 0.338. The fourth-order valence-corrected chi connectivity index (χ4v) is 2.11. The highest BCUT2D eigenvalue weighted by Gasteiger charge is 2.17. The lowest BCUT2D eigenvalue weighted by Gasteiger charge is -2.16. The Morgan fingerprint density at radius 3 is 3.00 bits per heavy atom. The van der Waals surface area contributed by atoms with Crippen molar-refractivity contribution >= 4 is 22.6 Å². The molecule has 0 radical (unpaired) electrons. The van der Waals surface area contributed by atoms with Gasteiger partial charge in [0.05, 0.1) is 11.6 Å². The Hall–Kier alpha value is -2.63. The molecule has 0 saturated heterocycles. The number of amides is 1. The van der Waals surface area contributed by atoms with E-state index in [2.05, 4.69) is 15.5 Å². The number of carbonyl (C=O) groups excluding carboxylic acids is 1. The summed E-state index contributed by atoms with van der Waals surface area (Å²) in [6.07, 6.45) is 3.12. The maximum absolute atomic E-state index is 12.3. The average Bonchev–Trinajstić information content (AvgIpc) is 2.53. The molecule has 2 aromatic rings. The van der Waals surface area contributed by atoms with Crippen LogP contribution in [0.1, 0.15) is 30.1 Å². The van der Waals surface area contributed by atoms with Crippen molar-refractivity contribution in [2.24, 2.45) is 10.9 Å². The number of carbonyl (C=O) groups is 1. The first kappa shape index (κ1) is 14.8. The summed E-state index contributed by atoms with van der Waals surface area (Å²) in [4.78, 5) is 16.5. The molecule has 1 unspecified atom stereocenters. The smallest absolute Gasteiger partial charge is 0.251 e. The zero-order valence-electron chi connectivity index (χ0n) is 11.8. The highest BCUT2D eigenvalue weighted by Crippen LogP contribution is 2.13. The molecule has 21 heavy (non-hydrogen) atoms. The molecule has 1 aromatic carbocycles. The van der Waals surface area contributed by atoms with Crippen LogP contribution in [0.15, 0.2) is 41.7 Å². The minimum Gasteiger partial charge on any atom is -0.409 e. The SMILES string of the molecule is CCCC(NC(=O)c1ccc2ncccc2c1)C(N)=NO. The van der Waals surface area contributed by atoms with Crippen LogP contribution in [0.5, 0.6) is 0 Å². The lowest BCUT2D eigenvalue weighted by atomic mass is 10.1. The van der Waals surface area contributed by atoms with Gasteiger partial charge in [0.2, 0.25) is 0 Å². The summed E-state index contributed by atoms with van der Waals surface area (Å²) in [5, 5.41) is 15.4. The first-order valence-electron chi connectivity index (χ1n) is 6.78. The number of fused-ring (bicyclic) bond motifs is 1. The maximum atomic E-state index is 12.3. The number of amidine groups is 1. The molecular formula is C15H18N4O2. The van der Waals surface area contributed by atoms with E-state index in [0.717, 1.165) is 17.3 Å². The van der Waals surface area contributed by atoms with Crippen LogP contribution in [0, 0.1) is 0 Å². The maximum Gasteiger partial charge on any atom is 0.251 e. The summed E-state index contributed by atoms with van der Waals surface area (Å²) in [6, 6.07) is 8.51. The third-order valence-electron chi connectivity index (χ3n) is 3.22. The number of benzene rings is 1. The van der Waals surface area contributed by atoms with Crippen LogP contribution in [0.25, 0.3) is 10.9 Å². The predicted molar refractivity (Wildman–Crippen MR) is 81.3 cm³/mol. The highest BCUT2D eigenvalue weighted by atomic mass is 16.4. The number of pyridine rings is 1. The van der Waals surface area contributed by atoms with Gasteiger partial charge in [-0.3, -0.25) is 9.78 Å². The molecular weight excluding hydrogens is 268 g/mol. The number of hydrogen-bond donors (Lipinski definition) is 3. The van der Waals surface area contributed by atoms with E-state index in [-0.39, 0.29) is 11.7 Å². The Bertz CT molecular complexity index is 670. The molecule has 0 aliphatic rings. The average molecular weight is 286 g/mol. The van der Waals surface area contributed by atoms with Crippen LogP contribution in [-0.4, -0.2) is 28.0 Å². The molecule has 6 nitrogen and oxygen atoms in total. The normalized spacial score (nSPS) is 13.1. The Morgan fingerprint density at radius 1 is 1.48 bits per heavy atom. The summed E-state index contributed by atoms with van der Waals surface area (Å²) in [5.74, 6) is -0.251. The van der Waals surface area contributed by atoms with Gasteiger partial charge in [-0.1, -0.05) is 24.6 Å². The number of nitrogens with two attached hydrogens (primary N) is 1. The van der Waals surface area contributed by atoms with E-state index in [9.17, 15) is 4.79 Å². The largest absolute Gasteiger partial charge is 0.409 e. The van der Waals surface area contributed by atoms with Crippen molar-refractivity contribution in [1.29, 1.82) is 0 Å². The fourth-order valence-electron chi connectivity index (χ4n) is 2.11. The molecule has 0 bridgehead atoms. The molecule has 0 fully saturated rings. The van der Waals surface area contributed by atoms with Crippen molar-refractivity contribution in [3.63, 3.8) is 0 Å². The van der Waals surface area contributed by atoms with Crippen LogP contribution in [0.3, 0.4) is 0 Å². The predicted octanol–water partition coefficient (Wildman–Crippen LogP) is 1.88. The molecule has 6 heteroatoms. The zero-order chi connectivity index (χ0) is 15.2. The van der Waals surface area contributed by atoms with E-state index < -0.39 is 6.04 Å². The first-order chi connectivity index (χ1) is 10.2. The van der Waals surface area contributed by atoms with E-state index in [4.69, 9.17) is 10.9 Å². The number of aromatic nitrogens is 1. The van der Waals surface area contributed by atoms with E-state index in [0.29, 0.717) is 12.0 Å². The van der Waals surface area contributed by atoms with Crippen LogP contribution in [0.2, 0.25) is 0 Å². The monoisotopic (exact) mass is 286 g/mol. The van der Waals surface area contributed by atoms with Crippen molar-refractivity contribution in [3.05, 3.63) is 42.1 Å². The summed E-state index contributed by atoms with van der Waals surface area (Å²) >= 11 is 0. The van der Waals surface area contributed by atoms with E-state index in [1.54, 1.807) is 24.4 Å². The van der Waals surface area contributed by atoms with Gasteiger partial charge in [0, 0.05) is 17.1 Å². The summed E-state index contributed by atoms with van der Waals surface area (Å²) in [7, 11) is 0. The van der Waals surface area contributed by atoms with Crippen LogP contribution < -0.4 is 11.1 Å². The molecule has 2 rings (SSSR count). The molecule has 4 N–H and O–H groups in total. The Kier molecular flexibility index (Phi) is 4.71. The fraction of sp³-hybridized carbons (Fsp3) is 0.267. The standard InChI is InChI=1S/C15H18N4O2/c1-2-4-13(14(16)19-21)18-15(20)11-6-7-12-10(9-11)5-3-8-17-12/h3,5-9,13,21H,2,4H2,1H3,(H2,16,19)(H,18,20). The first-order valence-corrected chi connectivity index (χ1v) is 6.78. The van der Waals surface area contributed by atoms with Crippen molar-refractivity contribution in [2.75, 3.05) is 0 Å². The highest BCUT2D eigenvalue weighted by molar-refractivity contribution is 6.00. The van der Waals surface area contributed by atoms with Crippen LogP contribution >= 0.6 is 0 Å². The number of nitrogens with one attached hydrogen (secondary N) is 1. The van der Waals surface area contributed by atoms with Gasteiger partial charge in [0.15, 0.2) is 5.84 Å². The molecule has 1 aromatic heterocycles. The van der Waals surface area contributed by atoms with E-state index in [1.165, 1.54) is 0 Å². The molecule has 1 atom stereocenters. The zero-order valence-corrected chi connectivity index (χ0v) is 11.8. The number of rotatable bonds is 5. The van der Waals surface area contributed by atoms with Crippen LogP contribution in [0.4, 0.5) is 0 Å². The molecule has 1 amide bonds. The summed E-state index contributed by atoms with van der Waals surface area (Å²) in [6.45, 7) is 1.96. The third-order valence-corrected chi connectivity index (χ3v) is 3.22. The van der Waals surface area contributed by atoms with Gasteiger partial charge in [0.25, 0.3) is 5.91 Å². The second kappa shape index (κ2) is 6.69. The van der Waals surface area contributed by atoms with Gasteiger partial charge < -0.3 is 16.3 Å². The topological polar surface area (TPSA) is 101 Å². The molecule has 0 spiro atoms. The van der Waals surface area contributed by atoms with E-state index >= 15 is 0 Å². The summed E-state index contributed by atoms with van der Waals surface area (Å²) < 4.78 is 0. The van der Waals surface area contributed by atoms with Gasteiger partial charge >= 0.3 is 0 Å². The molecule has 0 saturated carbocycles. The van der Waals surface area contributed by atoms with E-state index in [1.807, 2.05) is 19.1 Å². The minimum absolute atomic E-state index is 0.00709. The second-order valence-corrected chi connectivity index (χ2v) is 4.75. The van der Waals surface area contributed by atoms with Gasteiger partial charge in [-0.25, -0.2) is 0 Å². The van der Waals surface area contributed by atoms with Gasteiger partial charge in [-0.05, 0) is 30.7 Å². The number of hydrogen-bond acceptors (Lipinski definition) is 4. The second-order valence-electron chi connectivity index (χ2n) is 4.75. The number of oxime groups is 1. The Morgan fingerprint density at radius 2 is 2.29 bits per heavy atom. The van der Waals surface area contributed by atoms with Gasteiger partial charge in [-0.2, -0.15) is 0 Å². The minimum atomic E-state index is -0.475. The molecule has 1 heterocycles. The van der Waals surface area contributed by atoms with Crippen molar-refractivity contribution in [3.8, 4) is 0 Å². The molecule has 110 valence electrons.